The maximum Gasteiger partial charge on any atom is 0.234 e. The van der Waals surface area contributed by atoms with Crippen LogP contribution in [0.4, 0.5) is 10.1 Å². The largest absolute Gasteiger partial charge is 0.325 e. The van der Waals surface area contributed by atoms with Crippen LogP contribution in [0.25, 0.3) is 17.1 Å². The number of carbonyl (C=O) groups is 1. The maximum atomic E-state index is 13.7. The first-order valence-corrected chi connectivity index (χ1v) is 10.8. The van der Waals surface area contributed by atoms with Crippen molar-refractivity contribution < 1.29 is 9.18 Å². The molecule has 1 aromatic heterocycles. The Bertz CT molecular complexity index is 1230. The summed E-state index contributed by atoms with van der Waals surface area (Å²) < 4.78 is 15.6. The maximum absolute atomic E-state index is 13.7. The molecule has 0 fully saturated rings. The van der Waals surface area contributed by atoms with Crippen LogP contribution < -0.4 is 5.32 Å². The summed E-state index contributed by atoms with van der Waals surface area (Å²) >= 11 is 7.62. The average Bonchev–Trinajstić information content (AvgIpc) is 3.19. The Labute approximate surface area is 188 Å². The van der Waals surface area contributed by atoms with E-state index in [1.807, 2.05) is 53.1 Å². The Kier molecular flexibility index (Phi) is 6.34. The molecule has 3 aromatic carbocycles. The topological polar surface area (TPSA) is 59.8 Å². The van der Waals surface area contributed by atoms with Crippen molar-refractivity contribution >= 4 is 35.0 Å². The number of aryl methyl sites for hydroxylation is 1. The number of carbonyl (C=O) groups excluding carboxylic acids is 1. The van der Waals surface area contributed by atoms with Crippen molar-refractivity contribution in [2.75, 3.05) is 11.1 Å². The molecule has 0 saturated carbocycles. The van der Waals surface area contributed by atoms with Gasteiger partial charge < -0.3 is 5.32 Å². The second-order valence-electron chi connectivity index (χ2n) is 6.76. The molecule has 1 amide bonds. The van der Waals surface area contributed by atoms with E-state index >= 15 is 0 Å². The summed E-state index contributed by atoms with van der Waals surface area (Å²) in [7, 11) is 0. The SMILES string of the molecule is Cc1ccc(NC(=O)CSc2nnc(-c3ccccc3Cl)n2-c2ccccc2)cc1F. The predicted octanol–water partition coefficient (Wildman–Crippen LogP) is 5.77. The van der Waals surface area contributed by atoms with Gasteiger partial charge in [0, 0.05) is 16.9 Å². The van der Waals surface area contributed by atoms with Crippen molar-refractivity contribution in [2.45, 2.75) is 12.1 Å². The van der Waals surface area contributed by atoms with Crippen LogP contribution in [0.3, 0.4) is 0 Å². The van der Waals surface area contributed by atoms with E-state index in [1.165, 1.54) is 17.8 Å². The normalized spacial score (nSPS) is 10.8. The highest BCUT2D eigenvalue weighted by molar-refractivity contribution is 7.99. The van der Waals surface area contributed by atoms with Gasteiger partial charge in [0.15, 0.2) is 11.0 Å². The summed E-state index contributed by atoms with van der Waals surface area (Å²) in [5.74, 6) is 0.0392. The van der Waals surface area contributed by atoms with Crippen LogP contribution in [-0.4, -0.2) is 26.4 Å². The first-order valence-electron chi connectivity index (χ1n) is 9.47. The lowest BCUT2D eigenvalue weighted by molar-refractivity contribution is -0.113. The van der Waals surface area contributed by atoms with Crippen LogP contribution >= 0.6 is 23.4 Å². The van der Waals surface area contributed by atoms with Gasteiger partial charge in [0.05, 0.1) is 10.8 Å². The molecule has 0 aliphatic heterocycles. The summed E-state index contributed by atoms with van der Waals surface area (Å²) in [5.41, 5.74) is 2.53. The number of hydrogen-bond donors (Lipinski definition) is 1. The first kappa shape index (κ1) is 21.1. The number of thioether (sulfide) groups is 1. The van der Waals surface area contributed by atoms with Gasteiger partial charge >= 0.3 is 0 Å². The minimum absolute atomic E-state index is 0.0863. The highest BCUT2D eigenvalue weighted by atomic mass is 35.5. The minimum Gasteiger partial charge on any atom is -0.325 e. The molecule has 8 heteroatoms. The van der Waals surface area contributed by atoms with Crippen molar-refractivity contribution in [1.82, 2.24) is 14.8 Å². The molecule has 31 heavy (non-hydrogen) atoms. The van der Waals surface area contributed by atoms with Gasteiger partial charge in [0.25, 0.3) is 0 Å². The third-order valence-corrected chi connectivity index (χ3v) is 5.81. The highest BCUT2D eigenvalue weighted by Gasteiger charge is 2.19. The summed E-state index contributed by atoms with van der Waals surface area (Å²) in [6.45, 7) is 1.67. The number of halogens is 2. The molecule has 0 atom stereocenters. The van der Waals surface area contributed by atoms with Gasteiger partial charge in [-0.05, 0) is 48.9 Å². The van der Waals surface area contributed by atoms with E-state index in [0.29, 0.717) is 27.3 Å². The fourth-order valence-corrected chi connectivity index (χ4v) is 3.96. The molecule has 0 aliphatic rings. The second kappa shape index (κ2) is 9.32. The number of para-hydroxylation sites is 1. The standard InChI is InChI=1S/C23H18ClFN4OS/c1-15-11-12-16(13-20(15)25)26-21(30)14-31-23-28-27-22(18-9-5-6-10-19(18)24)29(23)17-7-3-2-4-8-17/h2-13H,14H2,1H3,(H,26,30). The predicted molar refractivity (Wildman–Crippen MR) is 122 cm³/mol. The molecule has 4 rings (SSSR count). The number of rotatable bonds is 6. The number of nitrogens with one attached hydrogen (secondary N) is 1. The lowest BCUT2D eigenvalue weighted by Crippen LogP contribution is -2.14. The Hall–Kier alpha value is -3.16. The van der Waals surface area contributed by atoms with E-state index < -0.39 is 0 Å². The van der Waals surface area contributed by atoms with Gasteiger partial charge in [-0.1, -0.05) is 59.8 Å². The van der Waals surface area contributed by atoms with E-state index in [-0.39, 0.29) is 17.5 Å². The van der Waals surface area contributed by atoms with Crippen molar-refractivity contribution in [2.24, 2.45) is 0 Å². The van der Waals surface area contributed by atoms with Crippen LogP contribution in [0.5, 0.6) is 0 Å². The van der Waals surface area contributed by atoms with Crippen LogP contribution in [-0.2, 0) is 4.79 Å². The van der Waals surface area contributed by atoms with Gasteiger partial charge in [-0.2, -0.15) is 0 Å². The number of anilines is 1. The van der Waals surface area contributed by atoms with E-state index in [1.54, 1.807) is 25.1 Å². The Morgan fingerprint density at radius 1 is 1.06 bits per heavy atom. The van der Waals surface area contributed by atoms with E-state index in [9.17, 15) is 9.18 Å². The molecule has 156 valence electrons. The van der Waals surface area contributed by atoms with Crippen molar-refractivity contribution in [1.29, 1.82) is 0 Å². The highest BCUT2D eigenvalue weighted by Crippen LogP contribution is 2.31. The van der Waals surface area contributed by atoms with E-state index in [0.717, 1.165) is 11.3 Å². The fraction of sp³-hybridized carbons (Fsp3) is 0.0870. The molecule has 1 N–H and O–H groups in total. The fourth-order valence-electron chi connectivity index (χ4n) is 2.99. The van der Waals surface area contributed by atoms with Crippen molar-refractivity contribution in [3.05, 3.63) is 89.2 Å². The summed E-state index contributed by atoms with van der Waals surface area (Å²) in [5, 5.41) is 12.4. The van der Waals surface area contributed by atoms with Crippen molar-refractivity contribution in [3.8, 4) is 17.1 Å². The summed E-state index contributed by atoms with van der Waals surface area (Å²) in [6.07, 6.45) is 0. The molecule has 1 heterocycles. The molecular formula is C23H18ClFN4OS. The molecule has 5 nitrogen and oxygen atoms in total. The van der Waals surface area contributed by atoms with Gasteiger partial charge in [0.1, 0.15) is 5.82 Å². The quantitative estimate of drug-likeness (QED) is 0.377. The Morgan fingerprint density at radius 3 is 2.55 bits per heavy atom. The van der Waals surface area contributed by atoms with Crippen LogP contribution in [0, 0.1) is 12.7 Å². The lowest BCUT2D eigenvalue weighted by Gasteiger charge is -2.11. The zero-order valence-electron chi connectivity index (χ0n) is 16.5. The van der Waals surface area contributed by atoms with Gasteiger partial charge in [-0.15, -0.1) is 10.2 Å². The zero-order valence-corrected chi connectivity index (χ0v) is 18.1. The number of benzene rings is 3. The molecule has 0 saturated heterocycles. The number of hydrogen-bond acceptors (Lipinski definition) is 4. The number of amides is 1. The number of aromatic nitrogens is 3. The molecule has 0 aliphatic carbocycles. The van der Waals surface area contributed by atoms with Gasteiger partial charge in [0.2, 0.25) is 5.91 Å². The molecule has 0 bridgehead atoms. The second-order valence-corrected chi connectivity index (χ2v) is 8.11. The third kappa shape index (κ3) is 4.78. The third-order valence-electron chi connectivity index (χ3n) is 4.55. The lowest BCUT2D eigenvalue weighted by atomic mass is 10.2. The first-order chi connectivity index (χ1) is 15.0. The van der Waals surface area contributed by atoms with Crippen LogP contribution in [0.15, 0.2) is 78.0 Å². The minimum atomic E-state index is -0.362. The molecule has 4 aromatic rings. The zero-order chi connectivity index (χ0) is 21.8. The molecule has 0 radical (unpaired) electrons. The summed E-state index contributed by atoms with van der Waals surface area (Å²) in [4.78, 5) is 12.4. The van der Waals surface area contributed by atoms with Crippen LogP contribution in [0.1, 0.15) is 5.56 Å². The van der Waals surface area contributed by atoms with E-state index in [4.69, 9.17) is 11.6 Å². The molecule has 0 spiro atoms. The monoisotopic (exact) mass is 452 g/mol. The Balaban J connectivity index is 1.59. The van der Waals surface area contributed by atoms with Crippen molar-refractivity contribution in [3.63, 3.8) is 0 Å². The van der Waals surface area contributed by atoms with Gasteiger partial charge in [-0.25, -0.2) is 4.39 Å². The summed E-state index contributed by atoms with van der Waals surface area (Å²) in [6, 6.07) is 21.6. The number of nitrogens with zero attached hydrogens (tertiary/aromatic N) is 3. The molecular weight excluding hydrogens is 435 g/mol. The smallest absolute Gasteiger partial charge is 0.234 e. The van der Waals surface area contributed by atoms with E-state index in [2.05, 4.69) is 15.5 Å². The van der Waals surface area contributed by atoms with Crippen LogP contribution in [0.2, 0.25) is 5.02 Å². The van der Waals surface area contributed by atoms with Gasteiger partial charge in [-0.3, -0.25) is 9.36 Å². The average molecular weight is 453 g/mol. The molecule has 0 unspecified atom stereocenters. The Morgan fingerprint density at radius 2 is 1.81 bits per heavy atom.